The summed E-state index contributed by atoms with van der Waals surface area (Å²) in [6.07, 6.45) is 2.04. The largest absolute Gasteiger partial charge is 0.483 e. The van der Waals surface area contributed by atoms with Gasteiger partial charge in [-0.2, -0.15) is 0 Å². The molecule has 0 fully saturated rings. The van der Waals surface area contributed by atoms with Gasteiger partial charge in [-0.3, -0.25) is 4.79 Å². The Hall–Kier alpha value is -2.16. The van der Waals surface area contributed by atoms with Crippen LogP contribution >= 0.6 is 43.2 Å². The molecule has 2 aromatic carbocycles. The summed E-state index contributed by atoms with van der Waals surface area (Å²) in [5.74, 6) is -0.242. The van der Waals surface area contributed by atoms with Crippen molar-refractivity contribution in [2.45, 2.75) is 26.7 Å². The van der Waals surface area contributed by atoms with Crippen molar-refractivity contribution in [2.24, 2.45) is 0 Å². The van der Waals surface area contributed by atoms with E-state index in [4.69, 9.17) is 9.47 Å². The first-order valence-corrected chi connectivity index (χ1v) is 12.6. The average molecular weight is 581 g/mol. The maximum Gasteiger partial charge on any atom is 0.341 e. The van der Waals surface area contributed by atoms with Crippen LogP contribution in [0.15, 0.2) is 56.8 Å². The number of amides is 1. The summed E-state index contributed by atoms with van der Waals surface area (Å²) in [5, 5.41) is 5.08. The van der Waals surface area contributed by atoms with Crippen molar-refractivity contribution in [3.8, 4) is 16.9 Å². The first-order chi connectivity index (χ1) is 15.4. The predicted octanol–water partition coefficient (Wildman–Crippen LogP) is 7.09. The number of benzene rings is 2. The zero-order valence-electron chi connectivity index (χ0n) is 17.7. The third kappa shape index (κ3) is 6.21. The fraction of sp³-hybridized carbons (Fsp3) is 0.250. The van der Waals surface area contributed by atoms with Crippen LogP contribution in [0.1, 0.15) is 36.2 Å². The summed E-state index contributed by atoms with van der Waals surface area (Å²) in [7, 11) is 0. The van der Waals surface area contributed by atoms with E-state index in [2.05, 4.69) is 44.1 Å². The van der Waals surface area contributed by atoms with Crippen LogP contribution in [0.25, 0.3) is 11.1 Å². The lowest BCUT2D eigenvalue weighted by atomic mass is 10.0. The molecule has 5 nitrogen and oxygen atoms in total. The Bertz CT molecular complexity index is 1100. The second kappa shape index (κ2) is 11.6. The molecule has 0 aliphatic heterocycles. The molecule has 0 unspecified atom stereocenters. The Morgan fingerprint density at radius 1 is 1.06 bits per heavy atom. The highest BCUT2D eigenvalue weighted by atomic mass is 79.9. The number of hydrogen-bond acceptors (Lipinski definition) is 5. The molecule has 3 aromatic rings. The quantitative estimate of drug-likeness (QED) is 0.274. The van der Waals surface area contributed by atoms with Gasteiger partial charge in [-0.25, -0.2) is 4.79 Å². The number of carbonyl (C=O) groups is 2. The van der Waals surface area contributed by atoms with Gasteiger partial charge in [0.2, 0.25) is 0 Å². The van der Waals surface area contributed by atoms with Gasteiger partial charge < -0.3 is 14.8 Å². The van der Waals surface area contributed by atoms with E-state index in [0.29, 0.717) is 21.9 Å². The highest BCUT2D eigenvalue weighted by Gasteiger charge is 2.23. The molecule has 1 heterocycles. The van der Waals surface area contributed by atoms with E-state index in [1.165, 1.54) is 16.9 Å². The van der Waals surface area contributed by atoms with Gasteiger partial charge in [-0.05, 0) is 64.7 Å². The summed E-state index contributed by atoms with van der Waals surface area (Å²) in [4.78, 5) is 25.3. The molecule has 1 N–H and O–H groups in total. The molecule has 0 aliphatic rings. The van der Waals surface area contributed by atoms with Crippen LogP contribution < -0.4 is 10.1 Å². The number of anilines is 1. The maximum atomic E-state index is 12.7. The van der Waals surface area contributed by atoms with Crippen molar-refractivity contribution in [2.75, 3.05) is 18.5 Å². The van der Waals surface area contributed by atoms with Gasteiger partial charge in [0, 0.05) is 15.4 Å². The van der Waals surface area contributed by atoms with Crippen LogP contribution in [0.5, 0.6) is 5.75 Å². The van der Waals surface area contributed by atoms with Gasteiger partial charge in [-0.1, -0.05) is 47.5 Å². The molecule has 168 valence electrons. The number of ether oxygens (including phenoxy) is 2. The van der Waals surface area contributed by atoms with Gasteiger partial charge in [0.25, 0.3) is 5.91 Å². The molecule has 32 heavy (non-hydrogen) atoms. The summed E-state index contributed by atoms with van der Waals surface area (Å²) < 4.78 is 12.7. The second-order valence-electron chi connectivity index (χ2n) is 6.93. The number of rotatable bonds is 9. The van der Waals surface area contributed by atoms with Crippen molar-refractivity contribution in [1.29, 1.82) is 0 Å². The molecule has 0 radical (unpaired) electrons. The molecule has 0 bridgehead atoms. The molecule has 1 aromatic heterocycles. The molecule has 0 atom stereocenters. The standard InChI is InChI=1S/C24H23Br2NO4S/c1-3-5-15-6-11-20(19(26)12-15)31-13-21(28)27-23-22(24(29)30-4-2)18(14-32-23)16-7-9-17(25)10-8-16/h6-12,14H,3-5,13H2,1-2H3,(H,27,28). The number of thiophene rings is 1. The molecular formula is C24H23Br2NO4S. The van der Waals surface area contributed by atoms with Crippen molar-refractivity contribution >= 4 is 60.1 Å². The summed E-state index contributed by atoms with van der Waals surface area (Å²) in [6, 6.07) is 13.5. The zero-order valence-corrected chi connectivity index (χ0v) is 21.7. The van der Waals surface area contributed by atoms with Crippen LogP contribution in [-0.2, 0) is 16.0 Å². The topological polar surface area (TPSA) is 64.6 Å². The first kappa shape index (κ1) is 24.5. The number of carbonyl (C=O) groups excluding carboxylic acids is 2. The van der Waals surface area contributed by atoms with Gasteiger partial charge in [0.05, 0.1) is 11.1 Å². The Kier molecular flexibility index (Phi) is 8.90. The van der Waals surface area contributed by atoms with Crippen molar-refractivity contribution in [3.05, 3.63) is 67.9 Å². The van der Waals surface area contributed by atoms with Crippen molar-refractivity contribution in [3.63, 3.8) is 0 Å². The van der Waals surface area contributed by atoms with E-state index in [9.17, 15) is 9.59 Å². The van der Waals surface area contributed by atoms with Gasteiger partial charge in [-0.15, -0.1) is 11.3 Å². The van der Waals surface area contributed by atoms with Crippen molar-refractivity contribution < 1.29 is 19.1 Å². The highest BCUT2D eigenvalue weighted by Crippen LogP contribution is 2.36. The van der Waals surface area contributed by atoms with Crippen molar-refractivity contribution in [1.82, 2.24) is 0 Å². The Morgan fingerprint density at radius 2 is 1.81 bits per heavy atom. The maximum absolute atomic E-state index is 12.7. The fourth-order valence-electron chi connectivity index (χ4n) is 3.11. The number of esters is 1. The number of aryl methyl sites for hydroxylation is 1. The van der Waals surface area contributed by atoms with E-state index in [1.54, 1.807) is 6.92 Å². The van der Waals surface area contributed by atoms with Crippen LogP contribution in [0.4, 0.5) is 5.00 Å². The Balaban J connectivity index is 1.75. The number of hydrogen-bond donors (Lipinski definition) is 1. The fourth-order valence-corrected chi connectivity index (χ4v) is 4.89. The summed E-state index contributed by atoms with van der Waals surface area (Å²) in [5.41, 5.74) is 3.12. The number of halogens is 2. The minimum absolute atomic E-state index is 0.181. The van der Waals surface area contributed by atoms with Crippen LogP contribution in [0.3, 0.4) is 0 Å². The lowest BCUT2D eigenvalue weighted by Crippen LogP contribution is -2.21. The molecule has 8 heteroatoms. The molecule has 3 rings (SSSR count). The predicted molar refractivity (Wildman–Crippen MR) is 136 cm³/mol. The highest BCUT2D eigenvalue weighted by molar-refractivity contribution is 9.10. The molecule has 0 spiro atoms. The van der Waals surface area contributed by atoms with Crippen LogP contribution in [0.2, 0.25) is 0 Å². The molecule has 1 amide bonds. The zero-order chi connectivity index (χ0) is 23.1. The lowest BCUT2D eigenvalue weighted by Gasteiger charge is -2.11. The van der Waals surface area contributed by atoms with E-state index < -0.39 is 5.97 Å². The first-order valence-electron chi connectivity index (χ1n) is 10.2. The normalized spacial score (nSPS) is 10.6. The summed E-state index contributed by atoms with van der Waals surface area (Å²) in [6.45, 7) is 3.94. The van der Waals surface area contributed by atoms with E-state index in [-0.39, 0.29) is 19.1 Å². The average Bonchev–Trinajstić information content (AvgIpc) is 3.17. The number of nitrogens with one attached hydrogen (secondary N) is 1. The van der Waals surface area contributed by atoms with Gasteiger partial charge in [0.1, 0.15) is 16.3 Å². The third-order valence-electron chi connectivity index (χ3n) is 4.57. The Labute approximate surface area is 208 Å². The third-order valence-corrected chi connectivity index (χ3v) is 6.62. The molecule has 0 saturated carbocycles. The monoisotopic (exact) mass is 579 g/mol. The molecule has 0 aliphatic carbocycles. The van der Waals surface area contributed by atoms with Gasteiger partial charge >= 0.3 is 5.97 Å². The van der Waals surface area contributed by atoms with E-state index in [1.807, 2.05) is 47.8 Å². The smallest absolute Gasteiger partial charge is 0.341 e. The van der Waals surface area contributed by atoms with Crippen LogP contribution in [-0.4, -0.2) is 25.1 Å². The Morgan fingerprint density at radius 3 is 2.47 bits per heavy atom. The second-order valence-corrected chi connectivity index (χ2v) is 9.58. The summed E-state index contributed by atoms with van der Waals surface area (Å²) >= 11 is 8.20. The SMILES string of the molecule is CCCc1ccc(OCC(=O)Nc2scc(-c3ccc(Br)cc3)c2C(=O)OCC)c(Br)c1. The van der Waals surface area contributed by atoms with E-state index >= 15 is 0 Å². The van der Waals surface area contributed by atoms with E-state index in [0.717, 1.165) is 27.4 Å². The molecular weight excluding hydrogens is 558 g/mol. The van der Waals surface area contributed by atoms with Gasteiger partial charge in [0.15, 0.2) is 6.61 Å². The lowest BCUT2D eigenvalue weighted by molar-refractivity contribution is -0.118. The minimum atomic E-state index is -0.475. The van der Waals surface area contributed by atoms with Crippen LogP contribution in [0, 0.1) is 0 Å². The minimum Gasteiger partial charge on any atom is -0.483 e. The molecule has 0 saturated heterocycles.